The van der Waals surface area contributed by atoms with Gasteiger partial charge >= 0.3 is 6.18 Å². The highest BCUT2D eigenvalue weighted by Crippen LogP contribution is 2.51. The molecule has 43 heavy (non-hydrogen) atoms. The minimum atomic E-state index is -4.43. The molecular formula is C34H42F3N3O3. The smallest absolute Gasteiger partial charge is 0.391 e. The molecule has 0 spiro atoms. The summed E-state index contributed by atoms with van der Waals surface area (Å²) in [5.41, 5.74) is 3.93. The molecule has 0 radical (unpaired) electrons. The third-order valence-corrected chi connectivity index (χ3v) is 8.19. The fourth-order valence-electron chi connectivity index (χ4n) is 6.15. The molecule has 0 saturated heterocycles. The van der Waals surface area contributed by atoms with Crippen molar-refractivity contribution in [2.75, 3.05) is 19.6 Å². The van der Waals surface area contributed by atoms with E-state index in [9.17, 15) is 27.9 Å². The van der Waals surface area contributed by atoms with Gasteiger partial charge in [0, 0.05) is 25.2 Å². The second-order valence-electron chi connectivity index (χ2n) is 11.4. The number of carbonyl (C=O) groups excluding carboxylic acids is 2. The van der Waals surface area contributed by atoms with Crippen molar-refractivity contribution in [3.05, 3.63) is 82.9 Å². The van der Waals surface area contributed by atoms with Gasteiger partial charge in [-0.25, -0.2) is 0 Å². The number of nitrogens with one attached hydrogen (secondary N) is 1. The lowest BCUT2D eigenvalue weighted by Crippen LogP contribution is -2.62. The maximum absolute atomic E-state index is 14.4. The summed E-state index contributed by atoms with van der Waals surface area (Å²) in [6.07, 6.45) is 3.71. The Labute approximate surface area is 252 Å². The van der Waals surface area contributed by atoms with E-state index in [1.807, 2.05) is 44.2 Å². The Bertz CT molecular complexity index is 1320. The molecule has 4 N–H and O–H groups in total. The zero-order chi connectivity index (χ0) is 31.7. The number of carbonyl (C=O) groups is 2. The van der Waals surface area contributed by atoms with Crippen molar-refractivity contribution in [2.45, 2.75) is 71.2 Å². The molecule has 2 amide bonds. The van der Waals surface area contributed by atoms with Crippen LogP contribution in [0.3, 0.4) is 0 Å². The molecule has 232 valence electrons. The number of hydrogen-bond donors (Lipinski definition) is 3. The van der Waals surface area contributed by atoms with Crippen LogP contribution in [0.2, 0.25) is 0 Å². The van der Waals surface area contributed by atoms with E-state index < -0.39 is 34.6 Å². The van der Waals surface area contributed by atoms with E-state index in [1.54, 1.807) is 17.0 Å². The molecule has 0 heterocycles. The number of primary amides is 1. The summed E-state index contributed by atoms with van der Waals surface area (Å²) in [4.78, 5) is 29.4. The highest BCUT2D eigenvalue weighted by Gasteiger charge is 2.59. The van der Waals surface area contributed by atoms with Gasteiger partial charge in [-0.2, -0.15) is 13.2 Å². The Morgan fingerprint density at radius 3 is 2.33 bits per heavy atom. The Balaban J connectivity index is 1.94. The number of amides is 2. The molecule has 6 nitrogen and oxygen atoms in total. The first-order valence-corrected chi connectivity index (χ1v) is 14.8. The lowest BCUT2D eigenvalue weighted by Gasteiger charge is -2.50. The van der Waals surface area contributed by atoms with Crippen LogP contribution in [-0.4, -0.2) is 47.6 Å². The molecule has 3 atom stereocenters. The van der Waals surface area contributed by atoms with Crippen LogP contribution in [0.4, 0.5) is 13.2 Å². The summed E-state index contributed by atoms with van der Waals surface area (Å²) in [6, 6.07) is 14.3. The Hall–Kier alpha value is -3.61. The topological polar surface area (TPSA) is 95.7 Å². The Morgan fingerprint density at radius 2 is 1.74 bits per heavy atom. The second-order valence-corrected chi connectivity index (χ2v) is 11.4. The van der Waals surface area contributed by atoms with Crippen molar-refractivity contribution in [3.63, 3.8) is 0 Å². The first kappa shape index (κ1) is 33.9. The fraction of sp³-hybridized carbons (Fsp3) is 0.471. The summed E-state index contributed by atoms with van der Waals surface area (Å²) in [6.45, 7) is 5.44. The van der Waals surface area contributed by atoms with Crippen LogP contribution in [0, 0.1) is 23.2 Å². The van der Waals surface area contributed by atoms with Gasteiger partial charge in [-0.15, -0.1) is 6.42 Å². The number of alkyl halides is 3. The SMILES string of the molecule is C#CC1=C[C@](Cc2ccccc2)(C(N)=O)[C@H](O)C(CCCNCc2cccc(C(F)(F)F)c2)(C(=O)N(CCC)CCC)C1. The number of nitrogens with two attached hydrogens (primary N) is 1. The molecule has 3 rings (SSSR count). The number of allylic oxidation sites excluding steroid dienone is 1. The molecule has 0 aromatic heterocycles. The molecule has 1 unspecified atom stereocenters. The molecule has 9 heteroatoms. The molecule has 0 aliphatic heterocycles. The predicted octanol–water partition coefficient (Wildman–Crippen LogP) is 5.25. The molecule has 0 saturated carbocycles. The summed E-state index contributed by atoms with van der Waals surface area (Å²) in [7, 11) is 0. The van der Waals surface area contributed by atoms with Crippen molar-refractivity contribution in [2.24, 2.45) is 16.6 Å². The predicted molar refractivity (Wildman–Crippen MR) is 161 cm³/mol. The van der Waals surface area contributed by atoms with Crippen LogP contribution in [0.5, 0.6) is 0 Å². The van der Waals surface area contributed by atoms with Gasteiger partial charge < -0.3 is 21.1 Å². The molecule has 1 aliphatic rings. The number of hydrogen-bond acceptors (Lipinski definition) is 4. The third kappa shape index (κ3) is 7.87. The Kier molecular flexibility index (Phi) is 11.6. The normalized spacial score (nSPS) is 22.0. The van der Waals surface area contributed by atoms with E-state index >= 15 is 0 Å². The molecular weight excluding hydrogens is 555 g/mol. The summed E-state index contributed by atoms with van der Waals surface area (Å²) < 4.78 is 39.4. The number of benzene rings is 2. The van der Waals surface area contributed by atoms with Gasteiger partial charge in [-0.3, -0.25) is 9.59 Å². The third-order valence-electron chi connectivity index (χ3n) is 8.19. The minimum Gasteiger partial charge on any atom is -0.391 e. The van der Waals surface area contributed by atoms with Crippen LogP contribution in [0.25, 0.3) is 0 Å². The van der Waals surface area contributed by atoms with Crippen LogP contribution < -0.4 is 11.1 Å². The van der Waals surface area contributed by atoms with Crippen molar-refractivity contribution >= 4 is 11.8 Å². The van der Waals surface area contributed by atoms with Gasteiger partial charge in [0.15, 0.2) is 0 Å². The number of aliphatic hydroxyl groups excluding tert-OH is 1. The average molecular weight is 598 g/mol. The average Bonchev–Trinajstić information content (AvgIpc) is 2.98. The monoisotopic (exact) mass is 597 g/mol. The lowest BCUT2D eigenvalue weighted by molar-refractivity contribution is -0.162. The van der Waals surface area contributed by atoms with Crippen LogP contribution in [0.1, 0.15) is 62.6 Å². The van der Waals surface area contributed by atoms with Crippen molar-refractivity contribution in [1.29, 1.82) is 0 Å². The number of nitrogens with zero attached hydrogens (tertiary/aromatic N) is 1. The van der Waals surface area contributed by atoms with Gasteiger partial charge in [-0.05, 0) is 62.3 Å². The van der Waals surface area contributed by atoms with Crippen molar-refractivity contribution in [1.82, 2.24) is 10.2 Å². The van der Waals surface area contributed by atoms with Gasteiger partial charge in [-0.1, -0.05) is 74.4 Å². The summed E-state index contributed by atoms with van der Waals surface area (Å²) in [5.74, 6) is 1.59. The van der Waals surface area contributed by atoms with E-state index in [0.29, 0.717) is 50.0 Å². The second kappa shape index (κ2) is 14.7. The standard InChI is InChI=1S/C34H42F3N3O3/c1-4-18-40(19-5-2)31(43)32(16-11-17-39-24-27-14-10-15-28(20-27)34(35,36)37)21-25(6-3)22-33(29(32)41,30(38)42)23-26-12-8-7-9-13-26/h3,7-10,12-15,20,22,29,39,41H,4-5,11,16-19,21,23-24H2,1-2H3,(H2,38,42)/t29-,32?,33-/m1/s1. The summed E-state index contributed by atoms with van der Waals surface area (Å²) >= 11 is 0. The van der Waals surface area contributed by atoms with Gasteiger partial charge in [0.05, 0.1) is 22.5 Å². The minimum absolute atomic E-state index is 0.0693. The highest BCUT2D eigenvalue weighted by atomic mass is 19.4. The first-order chi connectivity index (χ1) is 20.4. The van der Waals surface area contributed by atoms with Crippen LogP contribution in [0.15, 0.2) is 66.2 Å². The van der Waals surface area contributed by atoms with Crippen LogP contribution in [-0.2, 0) is 28.7 Å². The van der Waals surface area contributed by atoms with E-state index in [0.717, 1.165) is 17.7 Å². The highest BCUT2D eigenvalue weighted by molar-refractivity contribution is 5.90. The van der Waals surface area contributed by atoms with Gasteiger partial charge in [0.1, 0.15) is 0 Å². The van der Waals surface area contributed by atoms with Crippen LogP contribution >= 0.6 is 0 Å². The van der Waals surface area contributed by atoms with Gasteiger partial charge in [0.2, 0.25) is 11.8 Å². The first-order valence-electron chi connectivity index (χ1n) is 14.8. The molecule has 0 bridgehead atoms. The van der Waals surface area contributed by atoms with E-state index in [4.69, 9.17) is 12.2 Å². The molecule has 0 fully saturated rings. The fourth-order valence-corrected chi connectivity index (χ4v) is 6.15. The van der Waals surface area contributed by atoms with E-state index in [-0.39, 0.29) is 31.7 Å². The van der Waals surface area contributed by atoms with E-state index in [1.165, 1.54) is 6.07 Å². The molecule has 1 aliphatic carbocycles. The zero-order valence-corrected chi connectivity index (χ0v) is 24.9. The maximum atomic E-state index is 14.4. The largest absolute Gasteiger partial charge is 0.416 e. The maximum Gasteiger partial charge on any atom is 0.416 e. The summed E-state index contributed by atoms with van der Waals surface area (Å²) in [5, 5.41) is 15.3. The number of aliphatic hydroxyl groups is 1. The number of terminal acetylenes is 1. The quantitative estimate of drug-likeness (QED) is 0.205. The number of rotatable bonds is 14. The number of halogens is 3. The van der Waals surface area contributed by atoms with E-state index in [2.05, 4.69) is 11.2 Å². The molecule has 2 aromatic rings. The van der Waals surface area contributed by atoms with Crippen molar-refractivity contribution in [3.8, 4) is 12.3 Å². The Morgan fingerprint density at radius 1 is 1.09 bits per heavy atom. The van der Waals surface area contributed by atoms with Crippen molar-refractivity contribution < 1.29 is 27.9 Å². The lowest BCUT2D eigenvalue weighted by atomic mass is 9.56. The molecule has 2 aromatic carbocycles. The van der Waals surface area contributed by atoms with Gasteiger partial charge in [0.25, 0.3) is 0 Å². The zero-order valence-electron chi connectivity index (χ0n) is 24.9.